The van der Waals surface area contributed by atoms with Crippen LogP contribution in [0.3, 0.4) is 0 Å². The Kier molecular flexibility index (Phi) is 10.0. The van der Waals surface area contributed by atoms with Crippen molar-refractivity contribution >= 4 is 44.9 Å². The Labute approximate surface area is 256 Å². The highest BCUT2D eigenvalue weighted by Gasteiger charge is 2.34. The highest BCUT2D eigenvalue weighted by molar-refractivity contribution is 7.92. The van der Waals surface area contributed by atoms with E-state index in [1.165, 1.54) is 52.3 Å². The van der Waals surface area contributed by atoms with Crippen LogP contribution >= 0.6 is 11.6 Å². The van der Waals surface area contributed by atoms with Crippen LogP contribution in [0.5, 0.6) is 11.5 Å². The van der Waals surface area contributed by atoms with Gasteiger partial charge in [0, 0.05) is 35.9 Å². The van der Waals surface area contributed by atoms with Crippen LogP contribution in [-0.2, 0) is 10.0 Å². The second kappa shape index (κ2) is 13.5. The Morgan fingerprint density at radius 1 is 1.14 bits per heavy atom. The smallest absolute Gasteiger partial charge is 0.321 e. The number of anilines is 2. The van der Waals surface area contributed by atoms with Gasteiger partial charge >= 0.3 is 6.03 Å². The average Bonchev–Trinajstić information content (AvgIpc) is 2.99. The number of halogens is 1. The molecule has 43 heavy (non-hydrogen) atoms. The van der Waals surface area contributed by atoms with E-state index in [4.69, 9.17) is 21.1 Å². The van der Waals surface area contributed by atoms with E-state index in [2.05, 4.69) is 10.0 Å². The van der Waals surface area contributed by atoms with E-state index in [1.807, 2.05) is 6.92 Å². The lowest BCUT2D eigenvalue weighted by Crippen LogP contribution is -2.50. The van der Waals surface area contributed by atoms with Crippen LogP contribution < -0.4 is 19.5 Å². The summed E-state index contributed by atoms with van der Waals surface area (Å²) in [5.74, 6) is 0.249. The van der Waals surface area contributed by atoms with E-state index in [-0.39, 0.29) is 53.5 Å². The van der Waals surface area contributed by atoms with Crippen LogP contribution in [0.15, 0.2) is 71.6 Å². The molecular weight excluding hydrogens is 596 g/mol. The molecule has 4 rings (SSSR count). The molecule has 1 aliphatic rings. The highest BCUT2D eigenvalue weighted by Crippen LogP contribution is 2.31. The quantitative estimate of drug-likeness (QED) is 0.316. The number of carbonyl (C=O) groups is 2. The van der Waals surface area contributed by atoms with E-state index >= 15 is 0 Å². The molecule has 0 aromatic heterocycles. The summed E-state index contributed by atoms with van der Waals surface area (Å²) in [6, 6.07) is 16.2. The lowest BCUT2D eigenvalue weighted by molar-refractivity contribution is 0.0371. The Balaban J connectivity index is 1.59. The largest absolute Gasteiger partial charge is 0.497 e. The first-order valence-electron chi connectivity index (χ1n) is 13.6. The molecule has 3 aromatic carbocycles. The van der Waals surface area contributed by atoms with E-state index in [0.29, 0.717) is 16.5 Å². The van der Waals surface area contributed by atoms with Crippen molar-refractivity contribution in [3.8, 4) is 11.5 Å². The first-order valence-corrected chi connectivity index (χ1v) is 15.4. The van der Waals surface area contributed by atoms with E-state index in [1.54, 1.807) is 45.3 Å². The van der Waals surface area contributed by atoms with Crippen LogP contribution in [0.25, 0.3) is 0 Å². The number of ether oxygens (including phenoxy) is 2. The molecule has 0 aliphatic carbocycles. The van der Waals surface area contributed by atoms with Gasteiger partial charge in [-0.25, -0.2) is 13.2 Å². The molecule has 0 saturated heterocycles. The maximum atomic E-state index is 13.7. The number of likely N-dealkylation sites (N-methyl/N-ethyl adjacent to an activating group) is 1. The summed E-state index contributed by atoms with van der Waals surface area (Å²) in [6.07, 6.45) is -0.538. The maximum absolute atomic E-state index is 13.7. The lowest BCUT2D eigenvalue weighted by atomic mass is 9.99. The van der Waals surface area contributed by atoms with Crippen LogP contribution in [0.2, 0.25) is 5.02 Å². The van der Waals surface area contributed by atoms with Gasteiger partial charge in [0.2, 0.25) is 0 Å². The third-order valence-electron chi connectivity index (χ3n) is 7.18. The first kappa shape index (κ1) is 31.9. The fourth-order valence-corrected chi connectivity index (χ4v) is 5.75. The highest BCUT2D eigenvalue weighted by atomic mass is 35.5. The number of hydrogen-bond acceptors (Lipinski definition) is 7. The number of carbonyl (C=O) groups excluding carboxylic acids is 2. The SMILES string of the molecule is COc1ccc(NC(=O)N(C)C[C@H]2Oc3ccc(NS(=O)(=O)c4ccc(Cl)cc4)cc3C(=O)N([C@@H](C)CO)C[C@H]2C)cc1. The minimum Gasteiger partial charge on any atom is -0.497 e. The molecule has 11 nitrogen and oxygen atoms in total. The van der Waals surface area contributed by atoms with Gasteiger partial charge in [-0.15, -0.1) is 0 Å². The zero-order chi connectivity index (χ0) is 31.3. The molecule has 3 aromatic rings. The van der Waals surface area contributed by atoms with Crippen molar-refractivity contribution in [3.05, 3.63) is 77.3 Å². The number of nitrogens with one attached hydrogen (secondary N) is 2. The van der Waals surface area contributed by atoms with E-state index in [9.17, 15) is 23.1 Å². The van der Waals surface area contributed by atoms with Gasteiger partial charge in [0.05, 0.1) is 36.8 Å². The van der Waals surface area contributed by atoms with Gasteiger partial charge in [0.15, 0.2) is 0 Å². The molecule has 0 bridgehead atoms. The molecule has 0 unspecified atom stereocenters. The monoisotopic (exact) mass is 630 g/mol. The van der Waals surface area contributed by atoms with Crippen LogP contribution in [0.1, 0.15) is 24.2 Å². The van der Waals surface area contributed by atoms with Crippen molar-refractivity contribution in [1.29, 1.82) is 0 Å². The summed E-state index contributed by atoms with van der Waals surface area (Å²) in [5, 5.41) is 13.2. The maximum Gasteiger partial charge on any atom is 0.321 e. The number of aliphatic hydroxyl groups is 1. The second-order valence-corrected chi connectivity index (χ2v) is 12.6. The Bertz CT molecular complexity index is 1550. The van der Waals surface area contributed by atoms with Crippen LogP contribution in [0, 0.1) is 5.92 Å². The predicted molar refractivity (Wildman–Crippen MR) is 165 cm³/mol. The molecule has 0 spiro atoms. The van der Waals surface area contributed by atoms with Crippen LogP contribution in [-0.4, -0.2) is 81.3 Å². The fraction of sp³-hybridized carbons (Fsp3) is 0.333. The summed E-state index contributed by atoms with van der Waals surface area (Å²) < 4.78 is 40.0. The molecule has 230 valence electrons. The topological polar surface area (TPSA) is 138 Å². The third kappa shape index (κ3) is 7.70. The van der Waals surface area contributed by atoms with Gasteiger partial charge in [0.1, 0.15) is 17.6 Å². The number of aliphatic hydroxyl groups excluding tert-OH is 1. The molecule has 0 saturated carbocycles. The van der Waals surface area contributed by atoms with Gasteiger partial charge in [-0.2, -0.15) is 0 Å². The van der Waals surface area contributed by atoms with Crippen molar-refractivity contribution in [3.63, 3.8) is 0 Å². The lowest BCUT2D eigenvalue weighted by Gasteiger charge is -2.38. The molecule has 3 amide bonds. The fourth-order valence-electron chi connectivity index (χ4n) is 4.58. The molecule has 13 heteroatoms. The first-order chi connectivity index (χ1) is 20.4. The predicted octanol–water partition coefficient (Wildman–Crippen LogP) is 4.53. The van der Waals surface area contributed by atoms with E-state index in [0.717, 1.165) is 0 Å². The third-order valence-corrected chi connectivity index (χ3v) is 8.83. The minimum atomic E-state index is -3.97. The van der Waals surface area contributed by atoms with Crippen molar-refractivity contribution in [2.45, 2.75) is 30.9 Å². The summed E-state index contributed by atoms with van der Waals surface area (Å²) in [6.45, 7) is 3.78. The molecule has 0 radical (unpaired) electrons. The van der Waals surface area contributed by atoms with Crippen LogP contribution in [0.4, 0.5) is 16.2 Å². The molecule has 3 N–H and O–H groups in total. The Morgan fingerprint density at radius 2 is 1.79 bits per heavy atom. The zero-order valence-corrected chi connectivity index (χ0v) is 25.9. The standard InChI is InChI=1S/C30H35ClN4O7S/c1-19-16-35(20(2)18-36)29(37)26-15-23(33-43(39,40)25-12-5-21(31)6-13-25)9-14-27(26)42-28(19)17-34(3)30(38)32-22-7-10-24(41-4)11-8-22/h5-15,19-20,28,33,36H,16-18H2,1-4H3,(H,32,38)/t19-,20+,28-/m1/s1. The number of rotatable bonds is 9. The number of sulfonamides is 1. The molecule has 3 atom stereocenters. The minimum absolute atomic E-state index is 0.00610. The van der Waals surface area contributed by atoms with Crippen molar-refractivity contribution < 1.29 is 32.6 Å². The van der Waals surface area contributed by atoms with Crippen molar-refractivity contribution in [2.24, 2.45) is 5.92 Å². The number of nitrogens with zero attached hydrogens (tertiary/aromatic N) is 2. The average molecular weight is 631 g/mol. The zero-order valence-electron chi connectivity index (χ0n) is 24.3. The number of hydrogen-bond donors (Lipinski definition) is 3. The normalized spacial score (nSPS) is 17.5. The summed E-state index contributed by atoms with van der Waals surface area (Å²) >= 11 is 5.90. The molecule has 1 heterocycles. The van der Waals surface area contributed by atoms with Crippen molar-refractivity contribution in [1.82, 2.24) is 9.80 Å². The molecule has 1 aliphatic heterocycles. The second-order valence-electron chi connectivity index (χ2n) is 10.4. The van der Waals surface area contributed by atoms with Gasteiger partial charge in [-0.1, -0.05) is 18.5 Å². The van der Waals surface area contributed by atoms with E-state index < -0.39 is 28.1 Å². The number of fused-ring (bicyclic) bond motifs is 1. The van der Waals surface area contributed by atoms with Gasteiger partial charge in [0.25, 0.3) is 15.9 Å². The number of amides is 3. The molecule has 0 fully saturated rings. The summed E-state index contributed by atoms with van der Waals surface area (Å²) in [5.41, 5.74) is 0.874. The summed E-state index contributed by atoms with van der Waals surface area (Å²) in [7, 11) is -0.769. The number of urea groups is 1. The van der Waals surface area contributed by atoms with Gasteiger partial charge < -0.3 is 29.7 Å². The number of methoxy groups -OCH3 is 1. The summed E-state index contributed by atoms with van der Waals surface area (Å²) in [4.78, 5) is 29.7. The Morgan fingerprint density at radius 3 is 2.42 bits per heavy atom. The van der Waals surface area contributed by atoms with Gasteiger partial charge in [-0.05, 0) is 73.7 Å². The van der Waals surface area contributed by atoms with Crippen molar-refractivity contribution in [2.75, 3.05) is 43.9 Å². The number of benzene rings is 3. The van der Waals surface area contributed by atoms with Gasteiger partial charge in [-0.3, -0.25) is 9.52 Å². The Hall–Kier alpha value is -4.00. The molecular formula is C30H35ClN4O7S.